The molecule has 1 N–H and O–H groups in total. The van der Waals surface area contributed by atoms with Crippen molar-refractivity contribution in [1.82, 2.24) is 0 Å². The monoisotopic (exact) mass is 244 g/mol. The number of aliphatic hydroxyl groups is 1. The summed E-state index contributed by atoms with van der Waals surface area (Å²) in [7, 11) is 0. The Hall–Kier alpha value is -0.120. The molecule has 86 valence electrons. The van der Waals surface area contributed by atoms with Crippen molar-refractivity contribution in [3.63, 3.8) is 0 Å². The van der Waals surface area contributed by atoms with Crippen LogP contribution < -0.4 is 0 Å². The Morgan fingerprint density at radius 2 is 1.87 bits per heavy atom. The average molecular weight is 244 g/mol. The van der Waals surface area contributed by atoms with E-state index >= 15 is 0 Å². The molecule has 0 spiro atoms. The first-order chi connectivity index (χ1) is 6.27. The fourth-order valence-electron chi connectivity index (χ4n) is 2.27. The lowest BCUT2D eigenvalue weighted by atomic mass is 9.65. The van der Waals surface area contributed by atoms with E-state index in [-0.39, 0.29) is 27.0 Å². The highest BCUT2D eigenvalue weighted by atomic mass is 32.1. The van der Waals surface area contributed by atoms with E-state index in [4.69, 9.17) is 0 Å². The Morgan fingerprint density at radius 1 is 1.27 bits per heavy atom. The molecule has 15 heavy (non-hydrogen) atoms. The van der Waals surface area contributed by atoms with E-state index in [2.05, 4.69) is 6.92 Å². The molecule has 1 aromatic carbocycles. The molecular weight excluding hydrogens is 224 g/mol. The van der Waals surface area contributed by atoms with E-state index in [0.29, 0.717) is 5.92 Å². The maximum Gasteiger partial charge on any atom is 0.0924 e. The summed E-state index contributed by atoms with van der Waals surface area (Å²) in [6.45, 7) is 2.15. The van der Waals surface area contributed by atoms with Gasteiger partial charge in [-0.05, 0) is 24.3 Å². The number of benzene rings is 1. The third-order valence-electron chi connectivity index (χ3n) is 3.32. The molecule has 0 heterocycles. The Labute approximate surface area is 106 Å². The third kappa shape index (κ3) is 2.52. The first-order valence-corrected chi connectivity index (χ1v) is 5.05. The summed E-state index contributed by atoms with van der Waals surface area (Å²) in [5.74, 6) is 0.467. The van der Waals surface area contributed by atoms with Crippen molar-refractivity contribution in [2.45, 2.75) is 31.8 Å². The van der Waals surface area contributed by atoms with Crippen LogP contribution in [0.25, 0.3) is 0 Å². The van der Waals surface area contributed by atoms with Crippen molar-refractivity contribution >= 4 is 27.0 Å². The number of hydrogen-bond acceptors (Lipinski definition) is 1. The van der Waals surface area contributed by atoms with Crippen LogP contribution in [0.4, 0.5) is 0 Å². The summed E-state index contributed by atoms with van der Waals surface area (Å²) in [5, 5.41) is 10.3. The molecule has 1 fully saturated rings. The lowest BCUT2D eigenvalue weighted by Crippen LogP contribution is -2.43. The van der Waals surface area contributed by atoms with Gasteiger partial charge < -0.3 is 5.11 Å². The van der Waals surface area contributed by atoms with Crippen LogP contribution in [0.3, 0.4) is 0 Å². The molecule has 2 atom stereocenters. The minimum Gasteiger partial charge on any atom is -0.385 e. The first kappa shape index (κ1) is 14.9. The van der Waals surface area contributed by atoms with Gasteiger partial charge in [-0.1, -0.05) is 43.7 Å². The third-order valence-corrected chi connectivity index (χ3v) is 3.32. The number of rotatable bonds is 2. The van der Waals surface area contributed by atoms with Crippen LogP contribution in [0, 0.1) is 5.92 Å². The normalized spacial score (nSPS) is 28.3. The van der Waals surface area contributed by atoms with Gasteiger partial charge in [0.2, 0.25) is 0 Å². The van der Waals surface area contributed by atoms with Gasteiger partial charge in [0.1, 0.15) is 0 Å². The van der Waals surface area contributed by atoms with Gasteiger partial charge in [0.25, 0.3) is 0 Å². The smallest absolute Gasteiger partial charge is 0.0924 e. The molecule has 0 radical (unpaired) electrons. The van der Waals surface area contributed by atoms with Gasteiger partial charge in [0.05, 0.1) is 5.60 Å². The highest BCUT2D eigenvalue weighted by Gasteiger charge is 2.44. The summed E-state index contributed by atoms with van der Waals surface area (Å²) < 4.78 is 0. The molecule has 1 nitrogen and oxygen atoms in total. The van der Waals surface area contributed by atoms with Gasteiger partial charge in [0.15, 0.2) is 0 Å². The second-order valence-electron chi connectivity index (χ2n) is 3.93. The van der Waals surface area contributed by atoms with Crippen molar-refractivity contribution in [2.24, 2.45) is 5.92 Å². The van der Waals surface area contributed by atoms with Crippen molar-refractivity contribution in [3.8, 4) is 0 Å². The first-order valence-electron chi connectivity index (χ1n) is 5.05. The van der Waals surface area contributed by atoms with Crippen molar-refractivity contribution in [1.29, 1.82) is 0 Å². The fraction of sp³-hybridized carbons (Fsp3) is 0.500. The van der Waals surface area contributed by atoms with Gasteiger partial charge in [-0.25, -0.2) is 0 Å². The minimum absolute atomic E-state index is 0. The Bertz CT molecular complexity index is 287. The highest BCUT2D eigenvalue weighted by molar-refractivity contribution is 7.59. The van der Waals surface area contributed by atoms with Gasteiger partial charge in [-0.3, -0.25) is 0 Å². The van der Waals surface area contributed by atoms with Gasteiger partial charge in [-0.2, -0.15) is 27.0 Å². The molecule has 3 heteroatoms. The van der Waals surface area contributed by atoms with E-state index in [0.717, 1.165) is 18.4 Å². The molecule has 0 aliphatic heterocycles. The van der Waals surface area contributed by atoms with Crippen molar-refractivity contribution < 1.29 is 5.11 Å². The zero-order valence-corrected chi connectivity index (χ0v) is 11.0. The Balaban J connectivity index is 0.000000980. The van der Waals surface area contributed by atoms with E-state index in [1.165, 1.54) is 6.42 Å². The average Bonchev–Trinajstić information content (AvgIpc) is 2.17. The Morgan fingerprint density at radius 3 is 2.27 bits per heavy atom. The maximum atomic E-state index is 10.3. The van der Waals surface area contributed by atoms with E-state index in [1.807, 2.05) is 30.3 Å². The molecule has 0 aromatic heterocycles. The van der Waals surface area contributed by atoms with Crippen LogP contribution in [0.2, 0.25) is 0 Å². The van der Waals surface area contributed by atoms with Crippen LogP contribution in [-0.2, 0) is 5.60 Å². The lowest BCUT2D eigenvalue weighted by molar-refractivity contribution is -0.103. The predicted octanol–water partition coefficient (Wildman–Crippen LogP) is 2.92. The molecule has 1 aromatic rings. The quantitative estimate of drug-likeness (QED) is 0.848. The largest absolute Gasteiger partial charge is 0.385 e. The summed E-state index contributed by atoms with van der Waals surface area (Å²) in [6, 6.07) is 10.0. The fourth-order valence-corrected chi connectivity index (χ4v) is 2.27. The second kappa shape index (κ2) is 5.83. The summed E-state index contributed by atoms with van der Waals surface area (Å²) >= 11 is 0. The summed E-state index contributed by atoms with van der Waals surface area (Å²) in [5.41, 5.74) is 0.573. The summed E-state index contributed by atoms with van der Waals surface area (Å²) in [6.07, 6.45) is 3.17. The lowest BCUT2D eigenvalue weighted by Gasteiger charge is -2.45. The topological polar surface area (TPSA) is 20.2 Å². The van der Waals surface area contributed by atoms with Crippen LogP contribution in [0.15, 0.2) is 30.3 Å². The van der Waals surface area contributed by atoms with Gasteiger partial charge in [0, 0.05) is 0 Å². The zero-order valence-electron chi connectivity index (χ0n) is 9.03. The van der Waals surface area contributed by atoms with Crippen LogP contribution in [0.5, 0.6) is 0 Å². The van der Waals surface area contributed by atoms with Gasteiger partial charge >= 0.3 is 0 Å². The van der Waals surface area contributed by atoms with Crippen LogP contribution in [-0.4, -0.2) is 5.11 Å². The molecule has 0 unspecified atom stereocenters. The minimum atomic E-state index is -0.518. The molecule has 1 saturated carbocycles. The molecule has 1 aliphatic carbocycles. The SMILES string of the molecule is CC[C@H]1CC[C@]1(O)c1ccccc1.S.S. The molecule has 0 amide bonds. The highest BCUT2D eigenvalue weighted by Crippen LogP contribution is 2.47. The Kier molecular flexibility index (Phi) is 5.78. The molecular formula is C12H20OS2. The van der Waals surface area contributed by atoms with Gasteiger partial charge in [-0.15, -0.1) is 0 Å². The molecule has 1 aliphatic rings. The molecule has 2 rings (SSSR count). The van der Waals surface area contributed by atoms with Crippen molar-refractivity contribution in [3.05, 3.63) is 35.9 Å². The molecule has 0 saturated heterocycles. The van der Waals surface area contributed by atoms with E-state index < -0.39 is 5.60 Å². The molecule has 0 bridgehead atoms. The van der Waals surface area contributed by atoms with E-state index in [9.17, 15) is 5.11 Å². The summed E-state index contributed by atoms with van der Waals surface area (Å²) in [4.78, 5) is 0. The van der Waals surface area contributed by atoms with Crippen molar-refractivity contribution in [2.75, 3.05) is 0 Å². The zero-order chi connectivity index (χ0) is 9.31. The van der Waals surface area contributed by atoms with Crippen LogP contribution >= 0.6 is 27.0 Å². The number of hydrogen-bond donors (Lipinski definition) is 1. The van der Waals surface area contributed by atoms with Crippen LogP contribution in [0.1, 0.15) is 31.7 Å². The second-order valence-corrected chi connectivity index (χ2v) is 3.93. The standard InChI is InChI=1S/C12H16O.2H2S/c1-2-10-8-9-12(10,13)11-6-4-3-5-7-11;;/h3-7,10,13H,2,8-9H2,1H3;2*1H2/t10-,12+;;/m0../s1. The maximum absolute atomic E-state index is 10.3. The van der Waals surface area contributed by atoms with E-state index in [1.54, 1.807) is 0 Å². The predicted molar refractivity (Wildman–Crippen MR) is 74.1 cm³/mol.